The maximum Gasteiger partial charge on any atom is 0.471 e. The number of hydrogen-bond donors (Lipinski definition) is 0. The number of amides is 1. The predicted molar refractivity (Wildman–Crippen MR) is 95.0 cm³/mol. The van der Waals surface area contributed by atoms with Crippen LogP contribution in [0, 0.1) is 5.41 Å². The Bertz CT molecular complexity index is 906. The van der Waals surface area contributed by atoms with Crippen LogP contribution in [0.3, 0.4) is 0 Å². The average Bonchev–Trinajstić information content (AvgIpc) is 3.01. The van der Waals surface area contributed by atoms with E-state index in [1.165, 1.54) is 6.20 Å². The quantitative estimate of drug-likeness (QED) is 0.750. The van der Waals surface area contributed by atoms with E-state index in [0.717, 1.165) is 13.1 Å². The lowest BCUT2D eigenvalue weighted by molar-refractivity contribution is -0.159. The first-order chi connectivity index (χ1) is 13.4. The predicted octanol–water partition coefficient (Wildman–Crippen LogP) is 3.21. The number of likely N-dealkylation sites (tertiary alicyclic amines) is 1. The van der Waals surface area contributed by atoms with Gasteiger partial charge in [0.15, 0.2) is 0 Å². The van der Waals surface area contributed by atoms with Crippen LogP contribution in [-0.4, -0.2) is 57.9 Å². The van der Waals surface area contributed by atoms with Gasteiger partial charge in [-0.3, -0.25) is 0 Å². The summed E-state index contributed by atoms with van der Waals surface area (Å²) < 4.78 is 47.3. The van der Waals surface area contributed by atoms with Gasteiger partial charge in [0.1, 0.15) is 11.4 Å². The Morgan fingerprint density at radius 2 is 1.86 bits per heavy atom. The molecule has 0 unspecified atom stereocenters. The van der Waals surface area contributed by atoms with Crippen LogP contribution in [0.15, 0.2) is 22.9 Å². The van der Waals surface area contributed by atoms with Gasteiger partial charge in [-0.15, -0.1) is 0 Å². The van der Waals surface area contributed by atoms with Crippen LogP contribution in [0.5, 0.6) is 0 Å². The van der Waals surface area contributed by atoms with Gasteiger partial charge in [0.05, 0.1) is 0 Å². The van der Waals surface area contributed by atoms with Crippen molar-refractivity contribution in [3.63, 3.8) is 0 Å². The van der Waals surface area contributed by atoms with Crippen molar-refractivity contribution in [3.8, 4) is 11.4 Å². The molecular weight excluding hydrogens is 391 g/mol. The van der Waals surface area contributed by atoms with Crippen LogP contribution >= 0.6 is 0 Å². The molecule has 4 heterocycles. The maximum atomic E-state index is 12.6. The molecule has 4 rings (SSSR count). The number of pyridine rings is 1. The smallest absolute Gasteiger partial charge is 0.444 e. The summed E-state index contributed by atoms with van der Waals surface area (Å²) in [5, 5.41) is 3.35. The van der Waals surface area contributed by atoms with Crippen molar-refractivity contribution in [2.75, 3.05) is 31.1 Å². The molecule has 2 aromatic heterocycles. The highest BCUT2D eigenvalue weighted by Gasteiger charge is 2.54. The Balaban J connectivity index is 1.32. The van der Waals surface area contributed by atoms with Crippen LogP contribution in [0.1, 0.15) is 26.7 Å². The van der Waals surface area contributed by atoms with Crippen LogP contribution < -0.4 is 4.90 Å². The van der Waals surface area contributed by atoms with Crippen molar-refractivity contribution >= 4 is 11.9 Å². The molecule has 156 valence electrons. The van der Waals surface area contributed by atoms with E-state index in [1.807, 2.05) is 25.7 Å². The fourth-order valence-corrected chi connectivity index (χ4v) is 3.51. The molecule has 2 aliphatic rings. The Hall–Kier alpha value is -2.85. The van der Waals surface area contributed by atoms with Gasteiger partial charge in [0.2, 0.25) is 5.82 Å². The molecule has 0 atom stereocenters. The first-order valence-electron chi connectivity index (χ1n) is 9.04. The van der Waals surface area contributed by atoms with Crippen LogP contribution in [0.2, 0.25) is 0 Å². The molecule has 0 radical (unpaired) electrons. The summed E-state index contributed by atoms with van der Waals surface area (Å²) in [6.45, 7) is 8.27. The van der Waals surface area contributed by atoms with E-state index in [-0.39, 0.29) is 17.3 Å². The highest BCUT2D eigenvalue weighted by atomic mass is 19.4. The summed E-state index contributed by atoms with van der Waals surface area (Å²) in [5.74, 6) is -0.848. The van der Waals surface area contributed by atoms with Gasteiger partial charge >= 0.3 is 18.2 Å². The summed E-state index contributed by atoms with van der Waals surface area (Å²) >= 11 is 0. The second-order valence-corrected chi connectivity index (χ2v) is 8.52. The lowest BCUT2D eigenvalue weighted by atomic mass is 9.73. The Kier molecular flexibility index (Phi) is 4.25. The van der Waals surface area contributed by atoms with Gasteiger partial charge < -0.3 is 19.1 Å². The number of halogens is 3. The number of carbonyl (C=O) groups is 1. The minimum Gasteiger partial charge on any atom is -0.444 e. The molecule has 0 aliphatic carbocycles. The highest BCUT2D eigenvalue weighted by Crippen LogP contribution is 2.42. The molecule has 2 fully saturated rings. The number of rotatable bonds is 2. The minimum atomic E-state index is -4.68. The number of nitrogens with zero attached hydrogens (tertiary/aromatic N) is 5. The summed E-state index contributed by atoms with van der Waals surface area (Å²) in [6, 6.07) is 3.31. The molecule has 0 bridgehead atoms. The van der Waals surface area contributed by atoms with Crippen molar-refractivity contribution < 1.29 is 27.2 Å². The van der Waals surface area contributed by atoms with E-state index in [9.17, 15) is 18.0 Å². The van der Waals surface area contributed by atoms with Gasteiger partial charge in [-0.25, -0.2) is 9.78 Å². The van der Waals surface area contributed by atoms with Gasteiger partial charge in [0, 0.05) is 43.4 Å². The van der Waals surface area contributed by atoms with Crippen molar-refractivity contribution in [1.82, 2.24) is 20.0 Å². The second-order valence-electron chi connectivity index (χ2n) is 8.52. The number of alkyl halides is 3. The zero-order valence-electron chi connectivity index (χ0n) is 16.2. The fourth-order valence-electron chi connectivity index (χ4n) is 3.51. The molecule has 2 aromatic rings. The summed E-state index contributed by atoms with van der Waals surface area (Å²) in [7, 11) is 0. The third-order valence-corrected chi connectivity index (χ3v) is 4.76. The molecular formula is C18H20F3N5O3. The SMILES string of the molecule is CC(C)(C)OC(=O)N1CC2(C1)CN(c1ccc(-c3noc(C(F)(F)F)n3)cn1)C2. The van der Waals surface area contributed by atoms with E-state index in [0.29, 0.717) is 24.5 Å². The first kappa shape index (κ1) is 19.5. The normalized spacial score (nSPS) is 18.4. The van der Waals surface area contributed by atoms with E-state index in [2.05, 4.69) is 19.6 Å². The molecule has 0 N–H and O–H groups in total. The molecule has 8 nitrogen and oxygen atoms in total. The molecule has 1 spiro atoms. The third-order valence-electron chi connectivity index (χ3n) is 4.76. The van der Waals surface area contributed by atoms with E-state index >= 15 is 0 Å². The minimum absolute atomic E-state index is 0.0481. The van der Waals surface area contributed by atoms with E-state index < -0.39 is 17.7 Å². The first-order valence-corrected chi connectivity index (χ1v) is 9.04. The third kappa shape index (κ3) is 3.85. The largest absolute Gasteiger partial charge is 0.471 e. The van der Waals surface area contributed by atoms with Gasteiger partial charge in [0.25, 0.3) is 0 Å². The Morgan fingerprint density at radius 3 is 2.38 bits per heavy atom. The van der Waals surface area contributed by atoms with Crippen molar-refractivity contribution in [2.45, 2.75) is 32.5 Å². The maximum absolute atomic E-state index is 12.6. The molecule has 0 aromatic carbocycles. The number of aromatic nitrogens is 3. The lowest BCUT2D eigenvalue weighted by Crippen LogP contribution is -2.73. The van der Waals surface area contributed by atoms with Gasteiger partial charge in [-0.1, -0.05) is 5.16 Å². The number of hydrogen-bond acceptors (Lipinski definition) is 7. The lowest BCUT2D eigenvalue weighted by Gasteiger charge is -2.60. The Labute approximate surface area is 164 Å². The van der Waals surface area contributed by atoms with Crippen LogP contribution in [-0.2, 0) is 10.9 Å². The number of carbonyl (C=O) groups excluding carboxylic acids is 1. The summed E-state index contributed by atoms with van der Waals surface area (Å²) in [5.41, 5.74) is -0.133. The molecule has 29 heavy (non-hydrogen) atoms. The molecule has 11 heteroatoms. The van der Waals surface area contributed by atoms with Crippen molar-refractivity contribution in [3.05, 3.63) is 24.2 Å². The highest BCUT2D eigenvalue weighted by molar-refractivity contribution is 5.70. The Morgan fingerprint density at radius 1 is 1.17 bits per heavy atom. The summed E-state index contributed by atoms with van der Waals surface area (Å²) in [6.07, 6.45) is -3.57. The number of ether oxygens (including phenoxy) is 1. The topological polar surface area (TPSA) is 84.6 Å². The zero-order chi connectivity index (χ0) is 21.0. The number of anilines is 1. The van der Waals surface area contributed by atoms with Crippen molar-refractivity contribution in [2.24, 2.45) is 5.41 Å². The van der Waals surface area contributed by atoms with E-state index in [4.69, 9.17) is 4.74 Å². The summed E-state index contributed by atoms with van der Waals surface area (Å²) in [4.78, 5) is 23.4. The fraction of sp³-hybridized carbons (Fsp3) is 0.556. The average molecular weight is 411 g/mol. The monoisotopic (exact) mass is 411 g/mol. The zero-order valence-corrected chi connectivity index (χ0v) is 16.2. The standard InChI is InChI=1S/C18H20F3N5O3/c1-16(2,3)28-15(27)26-9-17(10-26)7-25(8-17)12-5-4-11(6-22-12)13-23-14(29-24-13)18(19,20)21/h4-6H,7-10H2,1-3H3. The van der Waals surface area contributed by atoms with Gasteiger partial charge in [-0.2, -0.15) is 18.2 Å². The molecule has 0 saturated carbocycles. The van der Waals surface area contributed by atoms with E-state index in [1.54, 1.807) is 17.0 Å². The molecule has 2 saturated heterocycles. The van der Waals surface area contributed by atoms with Crippen LogP contribution in [0.25, 0.3) is 11.4 Å². The molecule has 1 amide bonds. The van der Waals surface area contributed by atoms with Gasteiger partial charge in [-0.05, 0) is 32.9 Å². The van der Waals surface area contributed by atoms with Crippen LogP contribution in [0.4, 0.5) is 23.8 Å². The van der Waals surface area contributed by atoms with Crippen molar-refractivity contribution in [1.29, 1.82) is 0 Å². The second kappa shape index (κ2) is 6.33. The molecule has 2 aliphatic heterocycles.